The molecule has 0 amide bonds. The number of para-hydroxylation sites is 1. The van der Waals surface area contributed by atoms with E-state index in [2.05, 4.69) is 14.8 Å². The van der Waals surface area contributed by atoms with E-state index in [1.807, 2.05) is 36.4 Å². The summed E-state index contributed by atoms with van der Waals surface area (Å²) in [5.74, 6) is -0.0746. The van der Waals surface area contributed by atoms with Crippen molar-refractivity contribution in [2.75, 3.05) is 45.9 Å². The van der Waals surface area contributed by atoms with Crippen LogP contribution in [-0.4, -0.2) is 88.1 Å². The van der Waals surface area contributed by atoms with Gasteiger partial charge in [0.2, 0.25) is 0 Å². The number of carboxylic acids is 1. The van der Waals surface area contributed by atoms with Crippen LogP contribution in [0.15, 0.2) is 48.5 Å². The highest BCUT2D eigenvalue weighted by Crippen LogP contribution is 2.44. The van der Waals surface area contributed by atoms with Crippen LogP contribution < -0.4 is 4.74 Å². The summed E-state index contributed by atoms with van der Waals surface area (Å²) < 4.78 is 5.91. The van der Waals surface area contributed by atoms with Crippen molar-refractivity contribution in [2.45, 2.75) is 24.5 Å². The largest absolute Gasteiger partial charge is 0.492 e. The molecule has 34 heavy (non-hydrogen) atoms. The van der Waals surface area contributed by atoms with Crippen molar-refractivity contribution in [3.05, 3.63) is 65.4 Å². The minimum absolute atomic E-state index is 0.275. The number of rotatable bonds is 8. The molecule has 0 bridgehead atoms. The summed E-state index contributed by atoms with van der Waals surface area (Å²) >= 11 is 0. The van der Waals surface area contributed by atoms with Crippen LogP contribution in [0.25, 0.3) is 10.9 Å². The number of H-pyrrole nitrogens is 1. The van der Waals surface area contributed by atoms with E-state index >= 15 is 0 Å². The number of nitrogens with one attached hydrogen (secondary N) is 1. The normalized spacial score (nSPS) is 21.7. The zero-order valence-electron chi connectivity index (χ0n) is 19.1. The summed E-state index contributed by atoms with van der Waals surface area (Å²) in [6.45, 7) is 3.88. The Labute approximate surface area is 198 Å². The topological polar surface area (TPSA) is 109 Å². The van der Waals surface area contributed by atoms with Crippen LogP contribution in [0.1, 0.15) is 28.0 Å². The van der Waals surface area contributed by atoms with Gasteiger partial charge in [-0.05, 0) is 48.7 Å². The van der Waals surface area contributed by atoms with Crippen LogP contribution in [0.2, 0.25) is 0 Å². The SMILES string of the molecule is O=C(O)c1ccc2[nH]c3c(c2c1)CCN(C[C@H](O)CO)C31CCN(CCOc2ccccc2)C1. The summed E-state index contributed by atoms with van der Waals surface area (Å²) in [5.41, 5.74) is 3.15. The van der Waals surface area contributed by atoms with Crippen LogP contribution in [0.3, 0.4) is 0 Å². The van der Waals surface area contributed by atoms with Crippen LogP contribution in [0, 0.1) is 0 Å². The van der Waals surface area contributed by atoms with E-state index in [9.17, 15) is 20.1 Å². The van der Waals surface area contributed by atoms with Gasteiger partial charge in [-0.1, -0.05) is 18.2 Å². The van der Waals surface area contributed by atoms with Gasteiger partial charge >= 0.3 is 5.97 Å². The molecule has 1 spiro atoms. The molecular formula is C26H31N3O5. The number of carboxylic acid groups (broad SMARTS) is 1. The van der Waals surface area contributed by atoms with Crippen molar-refractivity contribution in [3.8, 4) is 5.75 Å². The van der Waals surface area contributed by atoms with Crippen molar-refractivity contribution >= 4 is 16.9 Å². The summed E-state index contributed by atoms with van der Waals surface area (Å²) in [7, 11) is 0. The lowest BCUT2D eigenvalue weighted by Crippen LogP contribution is -2.55. The van der Waals surface area contributed by atoms with Gasteiger partial charge in [-0.2, -0.15) is 0 Å². The predicted octanol–water partition coefficient (Wildman–Crippen LogP) is 2.06. The monoisotopic (exact) mass is 465 g/mol. The number of β-amino-alcohol motifs (C(OH)–C–C–N with tert-alkyl or cyclic N) is 1. The van der Waals surface area contributed by atoms with Crippen molar-refractivity contribution in [1.82, 2.24) is 14.8 Å². The van der Waals surface area contributed by atoms with E-state index in [1.54, 1.807) is 12.1 Å². The fourth-order valence-corrected chi connectivity index (χ4v) is 5.57. The van der Waals surface area contributed by atoms with Gasteiger partial charge in [-0.15, -0.1) is 0 Å². The average Bonchev–Trinajstić information content (AvgIpc) is 3.44. The molecule has 2 aliphatic rings. The number of carbonyl (C=O) groups is 1. The number of ether oxygens (including phenoxy) is 1. The molecule has 2 aromatic carbocycles. The molecule has 1 aromatic heterocycles. The van der Waals surface area contributed by atoms with Crippen LogP contribution in [0.4, 0.5) is 0 Å². The second-order valence-corrected chi connectivity index (χ2v) is 9.30. The second kappa shape index (κ2) is 9.38. The van der Waals surface area contributed by atoms with E-state index in [-0.39, 0.29) is 17.7 Å². The number of fused-ring (bicyclic) bond motifs is 4. The molecule has 1 fully saturated rings. The van der Waals surface area contributed by atoms with E-state index in [4.69, 9.17) is 4.74 Å². The molecule has 8 nitrogen and oxygen atoms in total. The van der Waals surface area contributed by atoms with Gasteiger partial charge < -0.3 is 25.0 Å². The number of aromatic carboxylic acids is 1. The number of aromatic nitrogens is 1. The van der Waals surface area contributed by atoms with Gasteiger partial charge in [0.25, 0.3) is 0 Å². The number of hydrogen-bond donors (Lipinski definition) is 4. The highest BCUT2D eigenvalue weighted by molar-refractivity contribution is 5.95. The molecule has 5 rings (SSSR count). The molecule has 0 radical (unpaired) electrons. The second-order valence-electron chi connectivity index (χ2n) is 9.30. The van der Waals surface area contributed by atoms with E-state index < -0.39 is 12.1 Å². The Balaban J connectivity index is 1.43. The number of hydrogen-bond acceptors (Lipinski definition) is 6. The van der Waals surface area contributed by atoms with Crippen molar-refractivity contribution in [2.24, 2.45) is 0 Å². The van der Waals surface area contributed by atoms with E-state index in [0.717, 1.165) is 66.9 Å². The first kappa shape index (κ1) is 22.9. The van der Waals surface area contributed by atoms with Gasteiger partial charge in [0.05, 0.1) is 23.8 Å². The maximum Gasteiger partial charge on any atom is 0.335 e. The van der Waals surface area contributed by atoms with Crippen LogP contribution >= 0.6 is 0 Å². The summed E-state index contributed by atoms with van der Waals surface area (Å²) in [5, 5.41) is 30.2. The minimum Gasteiger partial charge on any atom is -0.492 e. The first-order chi connectivity index (χ1) is 16.5. The first-order valence-electron chi connectivity index (χ1n) is 11.8. The minimum atomic E-state index is -0.930. The molecule has 1 saturated heterocycles. The summed E-state index contributed by atoms with van der Waals surface area (Å²) in [6, 6.07) is 15.0. The quantitative estimate of drug-likeness (QED) is 0.403. The summed E-state index contributed by atoms with van der Waals surface area (Å²) in [4.78, 5) is 19.8. The zero-order valence-corrected chi connectivity index (χ0v) is 19.1. The lowest BCUT2D eigenvalue weighted by molar-refractivity contribution is 0.00301. The molecule has 2 atom stereocenters. The van der Waals surface area contributed by atoms with E-state index in [0.29, 0.717) is 13.2 Å². The zero-order chi connectivity index (χ0) is 23.7. The smallest absolute Gasteiger partial charge is 0.335 e. The van der Waals surface area contributed by atoms with Crippen LogP contribution in [0.5, 0.6) is 5.75 Å². The Morgan fingerprint density at radius 3 is 2.76 bits per heavy atom. The molecule has 1 unspecified atom stereocenters. The highest BCUT2D eigenvalue weighted by atomic mass is 16.5. The molecule has 0 aliphatic carbocycles. The molecular weight excluding hydrogens is 434 g/mol. The average molecular weight is 466 g/mol. The standard InChI is InChI=1S/C26H31N3O5/c30-16-19(31)15-29-10-8-21-22-14-18(25(32)33)6-7-23(22)27-24(21)26(29)9-11-28(17-26)12-13-34-20-4-2-1-3-5-20/h1-7,14,19,27,30-31H,8-13,15-17H2,(H,32,33)/t19-,26?/m0/s1. The maximum absolute atomic E-state index is 11.5. The van der Waals surface area contributed by atoms with Gasteiger partial charge in [-0.3, -0.25) is 9.80 Å². The van der Waals surface area contributed by atoms with Crippen molar-refractivity contribution < 1.29 is 24.9 Å². The summed E-state index contributed by atoms with van der Waals surface area (Å²) in [6.07, 6.45) is 0.828. The number of benzene rings is 2. The Hall–Kier alpha value is -2.91. The maximum atomic E-state index is 11.5. The highest BCUT2D eigenvalue weighted by Gasteiger charge is 2.49. The number of nitrogens with zero attached hydrogens (tertiary/aromatic N) is 2. The Morgan fingerprint density at radius 2 is 2.00 bits per heavy atom. The molecule has 0 saturated carbocycles. The molecule has 3 aromatic rings. The first-order valence-corrected chi connectivity index (χ1v) is 11.8. The lowest BCUT2D eigenvalue weighted by Gasteiger charge is -2.45. The molecule has 3 heterocycles. The number of likely N-dealkylation sites (tertiary alicyclic amines) is 1. The van der Waals surface area contributed by atoms with Crippen molar-refractivity contribution in [1.29, 1.82) is 0 Å². The van der Waals surface area contributed by atoms with Crippen LogP contribution in [-0.2, 0) is 12.0 Å². The Bertz CT molecular complexity index is 1160. The molecule has 180 valence electrons. The molecule has 2 aliphatic heterocycles. The lowest BCUT2D eigenvalue weighted by atomic mass is 9.83. The van der Waals surface area contributed by atoms with Gasteiger partial charge in [0, 0.05) is 49.3 Å². The number of aliphatic hydroxyl groups is 2. The molecule has 4 N–H and O–H groups in total. The third-order valence-corrected chi connectivity index (χ3v) is 7.24. The van der Waals surface area contributed by atoms with Gasteiger partial charge in [-0.25, -0.2) is 4.79 Å². The Kier molecular flexibility index (Phi) is 6.31. The van der Waals surface area contributed by atoms with Gasteiger partial charge in [0.1, 0.15) is 12.4 Å². The third kappa shape index (κ3) is 4.18. The number of aliphatic hydroxyl groups excluding tert-OH is 2. The van der Waals surface area contributed by atoms with Gasteiger partial charge in [0.15, 0.2) is 0 Å². The predicted molar refractivity (Wildman–Crippen MR) is 128 cm³/mol. The van der Waals surface area contributed by atoms with Crippen molar-refractivity contribution in [3.63, 3.8) is 0 Å². The third-order valence-electron chi connectivity index (χ3n) is 7.24. The molecule has 8 heteroatoms. The fourth-order valence-electron chi connectivity index (χ4n) is 5.57. The van der Waals surface area contributed by atoms with E-state index in [1.165, 1.54) is 0 Å². The fraction of sp³-hybridized carbons (Fsp3) is 0.423. The Morgan fingerprint density at radius 1 is 1.18 bits per heavy atom. The number of aromatic amines is 1.